The summed E-state index contributed by atoms with van der Waals surface area (Å²) in [5, 5.41) is 6.16. The van der Waals surface area contributed by atoms with Gasteiger partial charge in [0.15, 0.2) is 11.2 Å². The molecule has 1 aliphatic rings. The standard InChI is InChI=1S/C25H24N6O4/c1-28-23-22(24(33)29(2)25(28)34)30(15-26-23)14-21(32)31-20(17-9-11-18(35-3)12-10-17)13-19(27-31)16-7-5-4-6-8-16/h4-12,15,20H,13-14H2,1-3H3. The zero-order chi connectivity index (χ0) is 24.7. The molecular weight excluding hydrogens is 448 g/mol. The highest BCUT2D eigenvalue weighted by atomic mass is 16.5. The highest BCUT2D eigenvalue weighted by Gasteiger charge is 2.33. The molecule has 0 N–H and O–H groups in total. The number of hydrazone groups is 1. The van der Waals surface area contributed by atoms with E-state index in [1.807, 2.05) is 54.6 Å². The molecule has 10 heteroatoms. The minimum atomic E-state index is -0.505. The number of carbonyl (C=O) groups excluding carboxylic acids is 1. The van der Waals surface area contributed by atoms with E-state index in [2.05, 4.69) is 10.1 Å². The number of rotatable bonds is 5. The number of hydrogen-bond donors (Lipinski definition) is 0. The van der Waals surface area contributed by atoms with Crippen molar-refractivity contribution in [3.05, 3.63) is 92.9 Å². The number of hydrogen-bond acceptors (Lipinski definition) is 6. The first-order chi connectivity index (χ1) is 16.9. The average Bonchev–Trinajstić information content (AvgIpc) is 3.52. The van der Waals surface area contributed by atoms with Crippen molar-refractivity contribution < 1.29 is 9.53 Å². The van der Waals surface area contributed by atoms with Gasteiger partial charge in [0.2, 0.25) is 0 Å². The number of fused-ring (bicyclic) bond motifs is 1. The van der Waals surface area contributed by atoms with E-state index in [9.17, 15) is 14.4 Å². The SMILES string of the molecule is COc1ccc(C2CC(c3ccccc3)=NN2C(=O)Cn2cnc3c2c(=O)n(C)c(=O)n3C)cc1. The fourth-order valence-corrected chi connectivity index (χ4v) is 4.37. The molecule has 10 nitrogen and oxygen atoms in total. The summed E-state index contributed by atoms with van der Waals surface area (Å²) < 4.78 is 9.04. The summed E-state index contributed by atoms with van der Waals surface area (Å²) in [7, 11) is 4.55. The van der Waals surface area contributed by atoms with Crippen molar-refractivity contribution in [2.75, 3.05) is 7.11 Å². The molecule has 0 bridgehead atoms. The van der Waals surface area contributed by atoms with Crippen LogP contribution >= 0.6 is 0 Å². The molecule has 0 radical (unpaired) electrons. The van der Waals surface area contributed by atoms with Crippen molar-refractivity contribution in [3.63, 3.8) is 0 Å². The number of imidazole rings is 1. The van der Waals surface area contributed by atoms with Gasteiger partial charge in [0.1, 0.15) is 12.3 Å². The molecule has 5 rings (SSSR count). The van der Waals surface area contributed by atoms with Crippen LogP contribution in [0.1, 0.15) is 23.6 Å². The molecular formula is C25H24N6O4. The van der Waals surface area contributed by atoms with Gasteiger partial charge in [-0.3, -0.25) is 18.7 Å². The van der Waals surface area contributed by atoms with Crippen LogP contribution in [0.4, 0.5) is 0 Å². The fraction of sp³-hybridized carbons (Fsp3) is 0.240. The second-order valence-corrected chi connectivity index (χ2v) is 8.39. The first-order valence-electron chi connectivity index (χ1n) is 11.1. The first kappa shape index (κ1) is 22.3. The molecule has 3 heterocycles. The number of nitrogens with zero attached hydrogens (tertiary/aromatic N) is 6. The topological polar surface area (TPSA) is 104 Å². The van der Waals surface area contributed by atoms with E-state index >= 15 is 0 Å². The Bertz CT molecular complexity index is 1560. The Kier molecular flexibility index (Phi) is 5.56. The zero-order valence-electron chi connectivity index (χ0n) is 19.6. The van der Waals surface area contributed by atoms with Gasteiger partial charge in [-0.25, -0.2) is 14.8 Å². The quantitative estimate of drug-likeness (QED) is 0.441. The van der Waals surface area contributed by atoms with E-state index < -0.39 is 11.2 Å². The lowest BCUT2D eigenvalue weighted by molar-refractivity contribution is -0.133. The molecule has 0 saturated carbocycles. The summed E-state index contributed by atoms with van der Waals surface area (Å²) in [6, 6.07) is 17.0. The predicted molar refractivity (Wildman–Crippen MR) is 130 cm³/mol. The third-order valence-electron chi connectivity index (χ3n) is 6.30. The van der Waals surface area contributed by atoms with Crippen LogP contribution in [0.25, 0.3) is 11.2 Å². The molecule has 1 unspecified atom stereocenters. The van der Waals surface area contributed by atoms with Crippen molar-refractivity contribution in [3.8, 4) is 5.75 Å². The van der Waals surface area contributed by atoms with Crippen molar-refractivity contribution in [1.29, 1.82) is 0 Å². The summed E-state index contributed by atoms with van der Waals surface area (Å²) in [5.41, 5.74) is 2.10. The lowest BCUT2D eigenvalue weighted by Gasteiger charge is -2.22. The molecule has 0 aliphatic carbocycles. The molecule has 2 aromatic carbocycles. The summed E-state index contributed by atoms with van der Waals surface area (Å²) in [6.07, 6.45) is 1.95. The largest absolute Gasteiger partial charge is 0.497 e. The first-order valence-corrected chi connectivity index (χ1v) is 11.1. The fourth-order valence-electron chi connectivity index (χ4n) is 4.37. The zero-order valence-corrected chi connectivity index (χ0v) is 19.6. The van der Waals surface area contributed by atoms with Crippen LogP contribution in [-0.4, -0.2) is 42.4 Å². The van der Waals surface area contributed by atoms with Crippen molar-refractivity contribution in [2.24, 2.45) is 19.2 Å². The second kappa shape index (κ2) is 8.71. The van der Waals surface area contributed by atoms with Gasteiger partial charge in [0, 0.05) is 20.5 Å². The van der Waals surface area contributed by atoms with Gasteiger partial charge in [-0.2, -0.15) is 5.10 Å². The minimum absolute atomic E-state index is 0.151. The second-order valence-electron chi connectivity index (χ2n) is 8.39. The Balaban J connectivity index is 1.53. The van der Waals surface area contributed by atoms with Crippen LogP contribution in [0.15, 0.2) is 75.6 Å². The van der Waals surface area contributed by atoms with Crippen LogP contribution in [0.2, 0.25) is 0 Å². The van der Waals surface area contributed by atoms with Gasteiger partial charge in [-0.1, -0.05) is 42.5 Å². The van der Waals surface area contributed by atoms with Gasteiger partial charge in [0.25, 0.3) is 11.5 Å². The normalized spacial score (nSPS) is 15.5. The van der Waals surface area contributed by atoms with Crippen molar-refractivity contribution in [1.82, 2.24) is 23.7 Å². The van der Waals surface area contributed by atoms with E-state index in [1.54, 1.807) is 14.2 Å². The predicted octanol–water partition coefficient (Wildman–Crippen LogP) is 1.82. The third-order valence-corrected chi connectivity index (χ3v) is 6.30. The lowest BCUT2D eigenvalue weighted by Crippen LogP contribution is -2.38. The van der Waals surface area contributed by atoms with E-state index in [1.165, 1.54) is 27.5 Å². The highest BCUT2D eigenvalue weighted by molar-refractivity contribution is 6.03. The van der Waals surface area contributed by atoms with Crippen LogP contribution < -0.4 is 16.0 Å². The summed E-state index contributed by atoms with van der Waals surface area (Å²) in [6.45, 7) is -0.151. The molecule has 0 fully saturated rings. The van der Waals surface area contributed by atoms with Crippen LogP contribution in [0.3, 0.4) is 0 Å². The smallest absolute Gasteiger partial charge is 0.332 e. The maximum Gasteiger partial charge on any atom is 0.332 e. The molecule has 0 saturated heterocycles. The summed E-state index contributed by atoms with van der Waals surface area (Å²) >= 11 is 0. The van der Waals surface area contributed by atoms with E-state index in [4.69, 9.17) is 4.74 Å². The summed E-state index contributed by atoms with van der Waals surface area (Å²) in [4.78, 5) is 42.8. The Morgan fingerprint density at radius 2 is 1.74 bits per heavy atom. The van der Waals surface area contributed by atoms with Crippen LogP contribution in [0, 0.1) is 0 Å². The number of methoxy groups -OCH3 is 1. The molecule has 1 atom stereocenters. The molecule has 1 aliphatic heterocycles. The maximum absolute atomic E-state index is 13.6. The molecule has 178 valence electrons. The van der Waals surface area contributed by atoms with Crippen molar-refractivity contribution in [2.45, 2.75) is 19.0 Å². The van der Waals surface area contributed by atoms with Gasteiger partial charge in [-0.15, -0.1) is 0 Å². The van der Waals surface area contributed by atoms with E-state index in [-0.39, 0.29) is 29.7 Å². The van der Waals surface area contributed by atoms with Crippen LogP contribution in [0.5, 0.6) is 5.75 Å². The van der Waals surface area contributed by atoms with Gasteiger partial charge < -0.3 is 9.30 Å². The van der Waals surface area contributed by atoms with Gasteiger partial charge in [-0.05, 0) is 23.3 Å². The van der Waals surface area contributed by atoms with E-state index in [0.29, 0.717) is 6.42 Å². The molecule has 0 spiro atoms. The van der Waals surface area contributed by atoms with Gasteiger partial charge in [0.05, 0.1) is 25.2 Å². The molecule has 4 aromatic rings. The monoisotopic (exact) mass is 472 g/mol. The minimum Gasteiger partial charge on any atom is -0.497 e. The van der Waals surface area contributed by atoms with Crippen molar-refractivity contribution >= 4 is 22.8 Å². The van der Waals surface area contributed by atoms with Gasteiger partial charge >= 0.3 is 5.69 Å². The Hall–Kier alpha value is -4.47. The van der Waals surface area contributed by atoms with E-state index in [0.717, 1.165) is 27.2 Å². The Morgan fingerprint density at radius 3 is 2.43 bits per heavy atom. The number of aromatic nitrogens is 4. The highest BCUT2D eigenvalue weighted by Crippen LogP contribution is 2.34. The Morgan fingerprint density at radius 1 is 1.03 bits per heavy atom. The molecule has 1 amide bonds. The Labute approximate surface area is 200 Å². The lowest BCUT2D eigenvalue weighted by atomic mass is 9.98. The number of aryl methyl sites for hydroxylation is 1. The third kappa shape index (κ3) is 3.82. The average molecular weight is 473 g/mol. The molecule has 2 aromatic heterocycles. The number of amides is 1. The number of carbonyl (C=O) groups is 1. The summed E-state index contributed by atoms with van der Waals surface area (Å²) in [5.74, 6) is 0.423. The maximum atomic E-state index is 13.6. The number of benzene rings is 2. The molecule has 35 heavy (non-hydrogen) atoms. The number of ether oxygens (including phenoxy) is 1. The van der Waals surface area contributed by atoms with Crippen LogP contribution in [-0.2, 0) is 25.4 Å².